The van der Waals surface area contributed by atoms with Gasteiger partial charge in [0.25, 0.3) is 5.56 Å². The van der Waals surface area contributed by atoms with E-state index in [1.54, 1.807) is 0 Å². The third-order valence-corrected chi connectivity index (χ3v) is 7.62. The average Bonchev–Trinajstić information content (AvgIpc) is 3.26. The molecule has 9 heteroatoms. The quantitative estimate of drug-likeness (QED) is 0.546. The summed E-state index contributed by atoms with van der Waals surface area (Å²) in [5.74, 6) is 2.25. The molecule has 2 aromatic heterocycles. The second-order valence-corrected chi connectivity index (χ2v) is 9.64. The van der Waals surface area contributed by atoms with Crippen molar-refractivity contribution in [2.75, 3.05) is 0 Å². The normalized spacial score (nSPS) is 28.6. The molecule has 0 spiro atoms. The lowest BCUT2D eigenvalue weighted by Crippen LogP contribution is -2.48. The molecule has 0 aliphatic heterocycles. The number of aromatic hydroxyl groups is 1. The summed E-state index contributed by atoms with van der Waals surface area (Å²) in [6.07, 6.45) is 10.4. The second-order valence-electron chi connectivity index (χ2n) is 9.64. The zero-order chi connectivity index (χ0) is 21.9. The van der Waals surface area contributed by atoms with Gasteiger partial charge in [-0.3, -0.25) is 9.78 Å². The molecule has 0 radical (unpaired) electrons. The van der Waals surface area contributed by atoms with Crippen molar-refractivity contribution in [3.8, 4) is 11.6 Å². The molecule has 0 saturated heterocycles. The van der Waals surface area contributed by atoms with Gasteiger partial charge in [-0.1, -0.05) is 12.1 Å². The summed E-state index contributed by atoms with van der Waals surface area (Å²) in [5.41, 5.74) is 0.506. The van der Waals surface area contributed by atoms with Gasteiger partial charge in [0.2, 0.25) is 11.8 Å². The van der Waals surface area contributed by atoms with Crippen LogP contribution in [0.4, 0.5) is 5.95 Å². The van der Waals surface area contributed by atoms with Gasteiger partial charge < -0.3 is 5.11 Å². The lowest BCUT2D eigenvalue weighted by molar-refractivity contribution is -0.00518. The Morgan fingerprint density at radius 3 is 2.31 bits per heavy atom. The molecule has 32 heavy (non-hydrogen) atoms. The maximum atomic E-state index is 12.5. The molecule has 3 aromatic rings. The Morgan fingerprint density at radius 1 is 1.06 bits per heavy atom. The van der Waals surface area contributed by atoms with E-state index in [1.807, 2.05) is 12.1 Å². The number of aliphatic imine (C=N–C) groups is 1. The van der Waals surface area contributed by atoms with Crippen LogP contribution in [0.15, 0.2) is 45.2 Å². The topological polar surface area (TPSA) is 129 Å². The maximum absolute atomic E-state index is 12.5. The highest BCUT2D eigenvalue weighted by Crippen LogP contribution is 2.60. The minimum absolute atomic E-state index is 0.133. The number of benzene rings is 1. The summed E-state index contributed by atoms with van der Waals surface area (Å²) < 4.78 is 1.09. The number of nitrogens with zero attached hydrogens (tertiary/aromatic N) is 4. The summed E-state index contributed by atoms with van der Waals surface area (Å²) in [5, 5.41) is 17.0. The standard InChI is InChI=1S/C23H24N6O3/c30-19-18(11-24-21-25-12-26-28-21)20(31)29(22(32)27-19)17-3-1-16(2-4-17)23-8-13-5-14(9-23)7-15(6-13)10-23/h1-4,11-15,31H,5-10H2,(H,25,26,28)(H,27,30,32). The molecule has 4 aliphatic rings. The van der Waals surface area contributed by atoms with Crippen LogP contribution in [0, 0.1) is 17.8 Å². The van der Waals surface area contributed by atoms with Crippen molar-refractivity contribution in [3.63, 3.8) is 0 Å². The van der Waals surface area contributed by atoms with Crippen LogP contribution in [0.1, 0.15) is 49.7 Å². The van der Waals surface area contributed by atoms with Gasteiger partial charge in [0, 0.05) is 6.21 Å². The summed E-state index contributed by atoms with van der Waals surface area (Å²) >= 11 is 0. The highest BCUT2D eigenvalue weighted by molar-refractivity contribution is 5.83. The smallest absolute Gasteiger partial charge is 0.335 e. The zero-order valence-corrected chi connectivity index (χ0v) is 17.5. The Bertz CT molecular complexity index is 1270. The Balaban J connectivity index is 1.36. The van der Waals surface area contributed by atoms with E-state index < -0.39 is 17.1 Å². The molecule has 164 valence electrons. The molecule has 9 nitrogen and oxygen atoms in total. The lowest BCUT2D eigenvalue weighted by Gasteiger charge is -2.57. The van der Waals surface area contributed by atoms with Crippen molar-refractivity contribution in [2.45, 2.75) is 43.9 Å². The molecule has 0 atom stereocenters. The Morgan fingerprint density at radius 2 is 1.72 bits per heavy atom. The molecule has 4 fully saturated rings. The number of nitrogens with one attached hydrogen (secondary N) is 2. The first-order chi connectivity index (χ1) is 15.5. The van der Waals surface area contributed by atoms with Gasteiger partial charge in [-0.2, -0.15) is 10.1 Å². The van der Waals surface area contributed by atoms with Crippen LogP contribution in [0.5, 0.6) is 5.88 Å². The Hall–Kier alpha value is -3.49. The van der Waals surface area contributed by atoms with Gasteiger partial charge in [0.15, 0.2) is 0 Å². The Kier molecular flexibility index (Phi) is 4.21. The number of aromatic nitrogens is 5. The van der Waals surface area contributed by atoms with Crippen molar-refractivity contribution >= 4 is 12.2 Å². The lowest BCUT2D eigenvalue weighted by atomic mass is 9.48. The summed E-state index contributed by atoms with van der Waals surface area (Å²) in [6, 6.07) is 7.87. The van der Waals surface area contributed by atoms with Crippen LogP contribution in [0.25, 0.3) is 5.69 Å². The monoisotopic (exact) mass is 432 g/mol. The number of aromatic amines is 2. The van der Waals surface area contributed by atoms with Crippen LogP contribution < -0.4 is 11.2 Å². The second kappa shape index (κ2) is 7.01. The van der Waals surface area contributed by atoms with Crippen LogP contribution >= 0.6 is 0 Å². The van der Waals surface area contributed by atoms with Gasteiger partial charge in [-0.25, -0.2) is 19.5 Å². The molecule has 4 saturated carbocycles. The van der Waals surface area contributed by atoms with Crippen LogP contribution in [0.3, 0.4) is 0 Å². The zero-order valence-electron chi connectivity index (χ0n) is 17.5. The van der Waals surface area contributed by atoms with E-state index >= 15 is 0 Å². The fraction of sp³-hybridized carbons (Fsp3) is 0.435. The molecular formula is C23H24N6O3. The summed E-state index contributed by atoms with van der Waals surface area (Å²) in [4.78, 5) is 34.9. The van der Waals surface area contributed by atoms with Crippen LogP contribution in [-0.2, 0) is 5.41 Å². The predicted octanol–water partition coefficient (Wildman–Crippen LogP) is 2.57. The molecule has 4 aliphatic carbocycles. The van der Waals surface area contributed by atoms with E-state index in [9.17, 15) is 14.7 Å². The number of H-pyrrole nitrogens is 2. The van der Waals surface area contributed by atoms with E-state index in [-0.39, 0.29) is 16.9 Å². The molecule has 3 N–H and O–H groups in total. The van der Waals surface area contributed by atoms with E-state index in [0.29, 0.717) is 5.69 Å². The number of hydrogen-bond donors (Lipinski definition) is 3. The first kappa shape index (κ1) is 19.2. The molecule has 0 unspecified atom stereocenters. The number of hydrogen-bond acceptors (Lipinski definition) is 6. The van der Waals surface area contributed by atoms with Crippen LogP contribution in [-0.4, -0.2) is 36.1 Å². The SMILES string of the molecule is O=c1[nH]c(=O)n(-c2ccc(C34CC5CC(CC(C5)C3)C4)cc2)c(O)c1C=Nc1ncn[nH]1. The average molecular weight is 432 g/mol. The minimum Gasteiger partial charge on any atom is -0.493 e. The van der Waals surface area contributed by atoms with Crippen LogP contribution in [0.2, 0.25) is 0 Å². The third-order valence-electron chi connectivity index (χ3n) is 7.62. The van der Waals surface area contributed by atoms with Gasteiger partial charge >= 0.3 is 5.69 Å². The molecule has 7 rings (SSSR count). The highest BCUT2D eigenvalue weighted by atomic mass is 16.3. The molecular weight excluding hydrogens is 408 g/mol. The molecule has 4 bridgehead atoms. The van der Waals surface area contributed by atoms with E-state index in [0.717, 1.165) is 28.5 Å². The van der Waals surface area contributed by atoms with Crippen molar-refractivity contribution in [1.29, 1.82) is 0 Å². The first-order valence-corrected chi connectivity index (χ1v) is 11.1. The molecule has 1 aromatic carbocycles. The third kappa shape index (κ3) is 3.03. The van der Waals surface area contributed by atoms with E-state index in [2.05, 4.69) is 37.3 Å². The van der Waals surface area contributed by atoms with Gasteiger partial charge in [0.1, 0.15) is 11.9 Å². The summed E-state index contributed by atoms with van der Waals surface area (Å²) in [7, 11) is 0. The minimum atomic E-state index is -0.725. The van der Waals surface area contributed by atoms with Crippen molar-refractivity contribution in [2.24, 2.45) is 22.7 Å². The summed E-state index contributed by atoms with van der Waals surface area (Å²) in [6.45, 7) is 0. The van der Waals surface area contributed by atoms with Gasteiger partial charge in [0.05, 0.1) is 5.69 Å². The van der Waals surface area contributed by atoms with Crippen molar-refractivity contribution in [3.05, 3.63) is 62.6 Å². The predicted molar refractivity (Wildman–Crippen MR) is 118 cm³/mol. The fourth-order valence-corrected chi connectivity index (χ4v) is 6.71. The van der Waals surface area contributed by atoms with Crippen molar-refractivity contribution in [1.82, 2.24) is 24.7 Å². The van der Waals surface area contributed by atoms with E-state index in [1.165, 1.54) is 50.4 Å². The van der Waals surface area contributed by atoms with Crippen molar-refractivity contribution < 1.29 is 5.11 Å². The molecule has 0 amide bonds. The maximum Gasteiger partial charge on any atom is 0.335 e. The molecule has 2 heterocycles. The first-order valence-electron chi connectivity index (χ1n) is 11.1. The largest absolute Gasteiger partial charge is 0.493 e. The van der Waals surface area contributed by atoms with Gasteiger partial charge in [-0.05, 0) is 79.4 Å². The fourth-order valence-electron chi connectivity index (χ4n) is 6.71. The number of rotatable bonds is 4. The Labute approximate surface area is 183 Å². The highest BCUT2D eigenvalue weighted by Gasteiger charge is 2.51. The van der Waals surface area contributed by atoms with E-state index in [4.69, 9.17) is 0 Å². The van der Waals surface area contributed by atoms with Gasteiger partial charge in [-0.15, -0.1) is 0 Å².